The summed E-state index contributed by atoms with van der Waals surface area (Å²) >= 11 is 8.32. The second-order valence-corrected chi connectivity index (χ2v) is 7.56. The highest BCUT2D eigenvalue weighted by molar-refractivity contribution is 9.12. The molecular formula is C13H7Br2NOS. The highest BCUT2D eigenvalue weighted by Crippen LogP contribution is 2.34. The van der Waals surface area contributed by atoms with E-state index < -0.39 is 0 Å². The number of rotatable bonds is 2. The molecule has 1 aromatic carbocycles. The Balaban J connectivity index is 2.15. The quantitative estimate of drug-likeness (QED) is 0.620. The smallest absolute Gasteiger partial charge is 0.197 e. The van der Waals surface area contributed by atoms with Crippen molar-refractivity contribution >= 4 is 59.9 Å². The van der Waals surface area contributed by atoms with Gasteiger partial charge in [-0.15, -0.1) is 11.3 Å². The molecule has 0 spiro atoms. The van der Waals surface area contributed by atoms with E-state index in [-0.39, 0.29) is 5.78 Å². The first-order valence-electron chi connectivity index (χ1n) is 5.22. The molecule has 2 heterocycles. The largest absolute Gasteiger partial charge is 0.360 e. The van der Waals surface area contributed by atoms with Crippen LogP contribution in [-0.2, 0) is 0 Å². The monoisotopic (exact) mass is 383 g/mol. The Bertz CT molecular complexity index is 744. The third-order valence-corrected chi connectivity index (χ3v) is 5.07. The van der Waals surface area contributed by atoms with E-state index in [0.717, 1.165) is 18.5 Å². The number of carbonyl (C=O) groups is 1. The van der Waals surface area contributed by atoms with Gasteiger partial charge in [-0.25, -0.2) is 0 Å². The van der Waals surface area contributed by atoms with Crippen LogP contribution in [0.4, 0.5) is 0 Å². The highest BCUT2D eigenvalue weighted by Gasteiger charge is 2.18. The second-order valence-electron chi connectivity index (χ2n) is 3.81. The van der Waals surface area contributed by atoms with Gasteiger partial charge in [-0.2, -0.15) is 0 Å². The van der Waals surface area contributed by atoms with Crippen LogP contribution in [0.25, 0.3) is 10.9 Å². The number of halogens is 2. The van der Waals surface area contributed by atoms with Crippen LogP contribution in [0.1, 0.15) is 15.9 Å². The summed E-state index contributed by atoms with van der Waals surface area (Å²) in [5.74, 6) is 0.0290. The van der Waals surface area contributed by atoms with Crippen LogP contribution in [0.3, 0.4) is 0 Å². The molecular weight excluding hydrogens is 378 g/mol. The molecule has 90 valence electrons. The molecule has 0 fully saturated rings. The predicted octanol–water partition coefficient (Wildman–Crippen LogP) is 4.99. The van der Waals surface area contributed by atoms with E-state index in [1.807, 2.05) is 30.3 Å². The Morgan fingerprint density at radius 3 is 2.67 bits per heavy atom. The fraction of sp³-hybridized carbons (Fsp3) is 0. The van der Waals surface area contributed by atoms with E-state index in [9.17, 15) is 4.79 Å². The summed E-state index contributed by atoms with van der Waals surface area (Å²) in [6, 6.07) is 9.65. The van der Waals surface area contributed by atoms with Crippen LogP contribution in [0.5, 0.6) is 0 Å². The maximum atomic E-state index is 12.5. The van der Waals surface area contributed by atoms with Crippen molar-refractivity contribution in [2.75, 3.05) is 0 Å². The van der Waals surface area contributed by atoms with Gasteiger partial charge in [0.15, 0.2) is 5.78 Å². The molecule has 0 radical (unpaired) electrons. The molecule has 0 amide bonds. The first-order chi connectivity index (χ1) is 8.66. The number of nitrogens with one attached hydrogen (secondary N) is 1. The van der Waals surface area contributed by atoms with Crippen LogP contribution in [0, 0.1) is 0 Å². The van der Waals surface area contributed by atoms with Gasteiger partial charge in [0.2, 0.25) is 0 Å². The lowest BCUT2D eigenvalue weighted by Gasteiger charge is -1.97. The molecule has 2 nitrogen and oxygen atoms in total. The molecule has 0 atom stereocenters. The normalized spacial score (nSPS) is 11.0. The second kappa shape index (κ2) is 4.64. The standard InChI is InChI=1S/C13H7Br2NOS/c14-11-5-8(13(15)18-11)12(17)9-6-16-10-4-2-1-3-7(9)10/h1-6,16H. The van der Waals surface area contributed by atoms with E-state index in [1.165, 1.54) is 11.3 Å². The topological polar surface area (TPSA) is 32.9 Å². The van der Waals surface area contributed by atoms with Gasteiger partial charge in [-0.1, -0.05) is 18.2 Å². The first kappa shape index (κ1) is 12.1. The summed E-state index contributed by atoms with van der Waals surface area (Å²) in [6.07, 6.45) is 1.77. The number of para-hydroxylation sites is 1. The Labute approximate surface area is 124 Å². The number of H-pyrrole nitrogens is 1. The molecule has 0 aliphatic heterocycles. The number of hydrogen-bond acceptors (Lipinski definition) is 2. The predicted molar refractivity (Wildman–Crippen MR) is 81.5 cm³/mol. The summed E-state index contributed by atoms with van der Waals surface area (Å²) in [5, 5.41) is 0.955. The molecule has 5 heteroatoms. The Kier molecular flexibility index (Phi) is 3.13. The van der Waals surface area contributed by atoms with Crippen LogP contribution < -0.4 is 0 Å². The summed E-state index contributed by atoms with van der Waals surface area (Å²) in [7, 11) is 0. The molecule has 0 aliphatic rings. The third kappa shape index (κ3) is 1.96. The van der Waals surface area contributed by atoms with Gasteiger partial charge in [0.25, 0.3) is 0 Å². The minimum atomic E-state index is 0.0290. The van der Waals surface area contributed by atoms with Gasteiger partial charge < -0.3 is 4.98 Å². The molecule has 18 heavy (non-hydrogen) atoms. The van der Waals surface area contributed by atoms with Crippen molar-refractivity contribution in [3.63, 3.8) is 0 Å². The lowest BCUT2D eigenvalue weighted by atomic mass is 10.1. The average Bonchev–Trinajstić information content (AvgIpc) is 2.92. The third-order valence-electron chi connectivity index (χ3n) is 2.74. The number of fused-ring (bicyclic) bond motifs is 1. The van der Waals surface area contributed by atoms with Gasteiger partial charge in [-0.05, 0) is 44.0 Å². The summed E-state index contributed by atoms with van der Waals surface area (Å²) in [4.78, 5) is 15.6. The Morgan fingerprint density at radius 2 is 1.94 bits per heavy atom. The van der Waals surface area contributed by atoms with Crippen LogP contribution >= 0.6 is 43.2 Å². The number of carbonyl (C=O) groups excluding carboxylic acids is 1. The van der Waals surface area contributed by atoms with E-state index in [1.54, 1.807) is 6.20 Å². The molecule has 2 aromatic heterocycles. The zero-order valence-electron chi connectivity index (χ0n) is 9.04. The van der Waals surface area contributed by atoms with Crippen molar-refractivity contribution in [1.82, 2.24) is 4.98 Å². The van der Waals surface area contributed by atoms with Gasteiger partial charge >= 0.3 is 0 Å². The number of benzene rings is 1. The van der Waals surface area contributed by atoms with Crippen molar-refractivity contribution in [1.29, 1.82) is 0 Å². The Morgan fingerprint density at radius 1 is 1.17 bits per heavy atom. The molecule has 0 saturated heterocycles. The van der Waals surface area contributed by atoms with E-state index >= 15 is 0 Å². The molecule has 3 aromatic rings. The summed E-state index contributed by atoms with van der Waals surface area (Å²) < 4.78 is 1.79. The molecule has 0 unspecified atom stereocenters. The fourth-order valence-electron chi connectivity index (χ4n) is 1.90. The molecule has 0 saturated carbocycles. The molecule has 1 N–H and O–H groups in total. The van der Waals surface area contributed by atoms with Crippen LogP contribution in [0.15, 0.2) is 44.1 Å². The van der Waals surface area contributed by atoms with Crippen LogP contribution in [-0.4, -0.2) is 10.8 Å². The maximum absolute atomic E-state index is 12.5. The molecule has 0 aliphatic carbocycles. The highest BCUT2D eigenvalue weighted by atomic mass is 79.9. The van der Waals surface area contributed by atoms with Gasteiger partial charge in [0.05, 0.1) is 7.57 Å². The zero-order chi connectivity index (χ0) is 12.7. The number of thiophene rings is 1. The van der Waals surface area contributed by atoms with E-state index in [4.69, 9.17) is 0 Å². The van der Waals surface area contributed by atoms with E-state index in [0.29, 0.717) is 11.1 Å². The summed E-state index contributed by atoms with van der Waals surface area (Å²) in [6.45, 7) is 0. The number of aromatic nitrogens is 1. The fourth-order valence-corrected chi connectivity index (χ4v) is 4.69. The summed E-state index contributed by atoms with van der Waals surface area (Å²) in [5.41, 5.74) is 2.37. The van der Waals surface area contributed by atoms with E-state index in [2.05, 4.69) is 36.8 Å². The number of hydrogen-bond donors (Lipinski definition) is 1. The maximum Gasteiger partial charge on any atom is 0.197 e. The zero-order valence-corrected chi connectivity index (χ0v) is 13.0. The van der Waals surface area contributed by atoms with Gasteiger partial charge in [-0.3, -0.25) is 4.79 Å². The van der Waals surface area contributed by atoms with Crippen molar-refractivity contribution in [3.05, 3.63) is 55.2 Å². The lowest BCUT2D eigenvalue weighted by Crippen LogP contribution is -1.98. The first-order valence-corrected chi connectivity index (χ1v) is 7.62. The number of aromatic amines is 1. The minimum absolute atomic E-state index is 0.0290. The van der Waals surface area contributed by atoms with Crippen molar-refractivity contribution < 1.29 is 4.79 Å². The van der Waals surface area contributed by atoms with Crippen LogP contribution in [0.2, 0.25) is 0 Å². The minimum Gasteiger partial charge on any atom is -0.360 e. The van der Waals surface area contributed by atoms with Gasteiger partial charge in [0.1, 0.15) is 0 Å². The SMILES string of the molecule is O=C(c1cc(Br)sc1Br)c1c[nH]c2ccccc12. The van der Waals surface area contributed by atoms with Crippen molar-refractivity contribution in [2.45, 2.75) is 0 Å². The van der Waals surface area contributed by atoms with Crippen molar-refractivity contribution in [2.24, 2.45) is 0 Å². The lowest BCUT2D eigenvalue weighted by molar-refractivity contribution is 0.104. The molecule has 3 rings (SSSR count). The van der Waals surface area contributed by atoms with Gasteiger partial charge in [0, 0.05) is 28.2 Å². The Hall–Kier alpha value is -0.910. The average molecular weight is 385 g/mol. The van der Waals surface area contributed by atoms with Crippen molar-refractivity contribution in [3.8, 4) is 0 Å². The number of ketones is 1. The molecule has 0 bridgehead atoms.